The highest BCUT2D eigenvalue weighted by atomic mass is 16.2. The molecule has 1 saturated carbocycles. The van der Waals surface area contributed by atoms with Gasteiger partial charge >= 0.3 is 0 Å². The van der Waals surface area contributed by atoms with E-state index in [2.05, 4.69) is 19.2 Å². The van der Waals surface area contributed by atoms with E-state index in [4.69, 9.17) is 0 Å². The van der Waals surface area contributed by atoms with Crippen molar-refractivity contribution >= 4 is 5.91 Å². The lowest BCUT2D eigenvalue weighted by atomic mass is 9.83. The van der Waals surface area contributed by atoms with Gasteiger partial charge in [0.25, 0.3) is 0 Å². The predicted octanol–water partition coefficient (Wildman–Crippen LogP) is 2.41. The van der Waals surface area contributed by atoms with E-state index < -0.39 is 0 Å². The quantitative estimate of drug-likeness (QED) is 0.815. The van der Waals surface area contributed by atoms with Crippen molar-refractivity contribution in [3.63, 3.8) is 0 Å². The molecule has 1 aliphatic heterocycles. The molecule has 0 aromatic heterocycles. The van der Waals surface area contributed by atoms with Crippen molar-refractivity contribution in [2.45, 2.75) is 58.4 Å². The zero-order chi connectivity index (χ0) is 13.0. The molecule has 3 nitrogen and oxygen atoms in total. The molecule has 2 aliphatic rings. The first-order valence-electron chi connectivity index (χ1n) is 7.66. The summed E-state index contributed by atoms with van der Waals surface area (Å²) < 4.78 is 0. The van der Waals surface area contributed by atoms with E-state index in [-0.39, 0.29) is 0 Å². The van der Waals surface area contributed by atoms with Crippen LogP contribution in [0.3, 0.4) is 0 Å². The van der Waals surface area contributed by atoms with Gasteiger partial charge in [0.15, 0.2) is 0 Å². The van der Waals surface area contributed by atoms with Gasteiger partial charge in [-0.05, 0) is 44.6 Å². The first kappa shape index (κ1) is 13.9. The molecule has 2 rings (SSSR count). The summed E-state index contributed by atoms with van der Waals surface area (Å²) in [4.78, 5) is 13.6. The molecule has 1 atom stereocenters. The number of nitrogens with one attached hydrogen (secondary N) is 1. The Morgan fingerprint density at radius 1 is 1.33 bits per heavy atom. The summed E-state index contributed by atoms with van der Waals surface area (Å²) in [5, 5.41) is 3.62. The van der Waals surface area contributed by atoms with Crippen molar-refractivity contribution in [1.29, 1.82) is 0 Å². The summed E-state index contributed by atoms with van der Waals surface area (Å²) in [7, 11) is 0. The Labute approximate surface area is 111 Å². The van der Waals surface area contributed by atoms with E-state index in [1.165, 1.54) is 25.7 Å². The third-order valence-electron chi connectivity index (χ3n) is 4.56. The van der Waals surface area contributed by atoms with E-state index in [1.807, 2.05) is 4.90 Å². The van der Waals surface area contributed by atoms with Gasteiger partial charge in [0.2, 0.25) is 5.91 Å². The van der Waals surface area contributed by atoms with Gasteiger partial charge in [-0.3, -0.25) is 4.79 Å². The molecule has 1 unspecified atom stereocenters. The van der Waals surface area contributed by atoms with Gasteiger partial charge in [-0.1, -0.05) is 19.8 Å². The molecule has 1 amide bonds. The van der Waals surface area contributed by atoms with Crippen LogP contribution in [0.5, 0.6) is 0 Å². The van der Waals surface area contributed by atoms with Crippen molar-refractivity contribution in [1.82, 2.24) is 10.2 Å². The number of hydrogen-bond donors (Lipinski definition) is 1. The second kappa shape index (κ2) is 6.55. The predicted molar refractivity (Wildman–Crippen MR) is 74.4 cm³/mol. The average molecular weight is 252 g/mol. The second-order valence-electron chi connectivity index (χ2n) is 6.38. The number of amides is 1. The Balaban J connectivity index is 1.62. The number of carbonyl (C=O) groups is 1. The molecule has 0 aromatic rings. The van der Waals surface area contributed by atoms with Crippen LogP contribution in [0.25, 0.3) is 0 Å². The Hall–Kier alpha value is -0.570. The van der Waals surface area contributed by atoms with Gasteiger partial charge in [0, 0.05) is 25.6 Å². The van der Waals surface area contributed by atoms with Gasteiger partial charge < -0.3 is 10.2 Å². The summed E-state index contributed by atoms with van der Waals surface area (Å²) in [5.74, 6) is 2.13. The molecule has 104 valence electrons. The zero-order valence-corrected chi connectivity index (χ0v) is 12.0. The largest absolute Gasteiger partial charge is 0.341 e. The minimum absolute atomic E-state index is 0.343. The van der Waals surface area contributed by atoms with Crippen LogP contribution in [0.2, 0.25) is 0 Å². The lowest BCUT2D eigenvalue weighted by Crippen LogP contribution is -2.41. The van der Waals surface area contributed by atoms with Gasteiger partial charge in [-0.2, -0.15) is 0 Å². The molecule has 18 heavy (non-hydrogen) atoms. The van der Waals surface area contributed by atoms with Crippen LogP contribution >= 0.6 is 0 Å². The SMILES string of the molecule is CC1CCC(CNC(C)CN2CCCC2=O)CC1. The third-order valence-corrected chi connectivity index (χ3v) is 4.56. The number of rotatable bonds is 5. The van der Waals surface area contributed by atoms with E-state index >= 15 is 0 Å². The maximum Gasteiger partial charge on any atom is 0.222 e. The Kier molecular flexibility index (Phi) is 5.04. The Bertz CT molecular complexity index is 272. The van der Waals surface area contributed by atoms with Crippen LogP contribution in [0.4, 0.5) is 0 Å². The summed E-state index contributed by atoms with van der Waals surface area (Å²) in [6.07, 6.45) is 7.35. The summed E-state index contributed by atoms with van der Waals surface area (Å²) in [6, 6.07) is 0.436. The van der Waals surface area contributed by atoms with E-state index in [1.54, 1.807) is 0 Å². The van der Waals surface area contributed by atoms with Crippen LogP contribution in [0, 0.1) is 11.8 Å². The fourth-order valence-corrected chi connectivity index (χ4v) is 3.19. The van der Waals surface area contributed by atoms with Crippen LogP contribution in [0.15, 0.2) is 0 Å². The minimum Gasteiger partial charge on any atom is -0.341 e. The Morgan fingerprint density at radius 2 is 2.06 bits per heavy atom. The molecule has 0 radical (unpaired) electrons. The van der Waals surface area contributed by atoms with E-state index in [0.29, 0.717) is 11.9 Å². The van der Waals surface area contributed by atoms with Gasteiger partial charge in [0.05, 0.1) is 0 Å². The topological polar surface area (TPSA) is 32.3 Å². The van der Waals surface area contributed by atoms with E-state index in [0.717, 1.165) is 44.3 Å². The van der Waals surface area contributed by atoms with Crippen LogP contribution in [0.1, 0.15) is 52.4 Å². The molecule has 2 fully saturated rings. The van der Waals surface area contributed by atoms with Crippen molar-refractivity contribution < 1.29 is 4.79 Å². The van der Waals surface area contributed by atoms with Gasteiger partial charge in [-0.15, -0.1) is 0 Å². The molecule has 0 aromatic carbocycles. The molecule has 1 saturated heterocycles. The first-order chi connectivity index (χ1) is 8.65. The van der Waals surface area contributed by atoms with Crippen molar-refractivity contribution in [2.24, 2.45) is 11.8 Å². The second-order valence-corrected chi connectivity index (χ2v) is 6.38. The normalized spacial score (nSPS) is 30.8. The summed E-state index contributed by atoms with van der Waals surface area (Å²) in [5.41, 5.74) is 0. The molecule has 3 heteroatoms. The lowest BCUT2D eigenvalue weighted by molar-refractivity contribution is -0.127. The molecule has 0 bridgehead atoms. The average Bonchev–Trinajstić information content (AvgIpc) is 2.74. The summed E-state index contributed by atoms with van der Waals surface area (Å²) in [6.45, 7) is 7.56. The highest BCUT2D eigenvalue weighted by Crippen LogP contribution is 2.27. The third kappa shape index (κ3) is 3.98. The smallest absolute Gasteiger partial charge is 0.222 e. The minimum atomic E-state index is 0.343. The molecular formula is C15H28N2O. The standard InChI is InChI=1S/C15H28N2O/c1-12-5-7-14(8-6-12)10-16-13(2)11-17-9-3-4-15(17)18/h12-14,16H,3-11H2,1-2H3. The fraction of sp³-hybridized carbons (Fsp3) is 0.933. The van der Waals surface area contributed by atoms with Gasteiger partial charge in [-0.25, -0.2) is 0 Å². The van der Waals surface area contributed by atoms with Crippen LogP contribution in [-0.4, -0.2) is 36.5 Å². The lowest BCUT2D eigenvalue weighted by Gasteiger charge is -2.28. The number of likely N-dealkylation sites (tertiary alicyclic amines) is 1. The maximum absolute atomic E-state index is 11.5. The molecule has 1 N–H and O–H groups in total. The number of nitrogens with zero attached hydrogens (tertiary/aromatic N) is 1. The maximum atomic E-state index is 11.5. The molecular weight excluding hydrogens is 224 g/mol. The monoisotopic (exact) mass is 252 g/mol. The van der Waals surface area contributed by atoms with Gasteiger partial charge in [0.1, 0.15) is 0 Å². The molecule has 0 spiro atoms. The van der Waals surface area contributed by atoms with Crippen molar-refractivity contribution in [3.05, 3.63) is 0 Å². The van der Waals surface area contributed by atoms with Crippen LogP contribution < -0.4 is 5.32 Å². The van der Waals surface area contributed by atoms with E-state index in [9.17, 15) is 4.79 Å². The first-order valence-corrected chi connectivity index (χ1v) is 7.66. The number of carbonyl (C=O) groups excluding carboxylic acids is 1. The highest BCUT2D eigenvalue weighted by molar-refractivity contribution is 5.78. The number of hydrogen-bond acceptors (Lipinski definition) is 2. The highest BCUT2D eigenvalue weighted by Gasteiger charge is 2.22. The fourth-order valence-electron chi connectivity index (χ4n) is 3.19. The van der Waals surface area contributed by atoms with Crippen LogP contribution in [-0.2, 0) is 4.79 Å². The zero-order valence-electron chi connectivity index (χ0n) is 12.0. The Morgan fingerprint density at radius 3 is 2.67 bits per heavy atom. The molecule has 1 aliphatic carbocycles. The van der Waals surface area contributed by atoms with Crippen molar-refractivity contribution in [3.8, 4) is 0 Å². The molecule has 1 heterocycles. The summed E-state index contributed by atoms with van der Waals surface area (Å²) >= 11 is 0. The van der Waals surface area contributed by atoms with Crippen molar-refractivity contribution in [2.75, 3.05) is 19.6 Å².